The van der Waals surface area contributed by atoms with Crippen LogP contribution in [-0.2, 0) is 15.6 Å². The first kappa shape index (κ1) is 14.8. The van der Waals surface area contributed by atoms with Crippen LogP contribution in [0.25, 0.3) is 0 Å². The monoisotopic (exact) mass is 315 g/mol. The molecule has 114 valence electrons. The van der Waals surface area contributed by atoms with E-state index in [0.717, 1.165) is 11.1 Å². The van der Waals surface area contributed by atoms with Gasteiger partial charge in [-0.05, 0) is 12.1 Å². The molecule has 0 bridgehead atoms. The van der Waals surface area contributed by atoms with Gasteiger partial charge in [-0.15, -0.1) is 0 Å². The Morgan fingerprint density at radius 1 is 1.14 bits per heavy atom. The molecule has 0 aliphatic carbocycles. The van der Waals surface area contributed by atoms with Gasteiger partial charge in [-0.25, -0.2) is 0 Å². The van der Waals surface area contributed by atoms with Crippen LogP contribution in [-0.4, -0.2) is 15.9 Å². The molecule has 2 aromatic rings. The van der Waals surface area contributed by atoms with Gasteiger partial charge >= 0.3 is 0 Å². The Morgan fingerprint density at radius 2 is 1.64 bits per heavy atom. The molecule has 0 fully saturated rings. The second-order valence-electron chi connectivity index (χ2n) is 5.41. The topological polar surface area (TPSA) is 69.4 Å². The lowest BCUT2D eigenvalue weighted by atomic mass is 10.00. The molecule has 2 N–H and O–H groups in total. The molecule has 0 saturated carbocycles. The molecule has 2 aromatic carbocycles. The first-order valence-corrected chi connectivity index (χ1v) is 8.48. The molecule has 3 rings (SSSR count). The average molecular weight is 315 g/mol. The molecule has 1 amide bonds. The highest BCUT2D eigenvalue weighted by molar-refractivity contribution is 7.85. The van der Waals surface area contributed by atoms with Crippen molar-refractivity contribution in [3.05, 3.63) is 59.7 Å². The molecule has 0 aromatic heterocycles. The second kappa shape index (κ2) is 5.93. The minimum Gasteiger partial charge on any atom is -0.457 e. The summed E-state index contributed by atoms with van der Waals surface area (Å²) < 4.78 is 18.8. The fourth-order valence-electron chi connectivity index (χ4n) is 2.57. The molecule has 22 heavy (non-hydrogen) atoms. The van der Waals surface area contributed by atoms with Crippen LogP contribution in [0.5, 0.6) is 11.5 Å². The summed E-state index contributed by atoms with van der Waals surface area (Å²) in [5.74, 6) is 0.811. The van der Waals surface area contributed by atoms with Gasteiger partial charge in [0.2, 0.25) is 5.91 Å². The molecule has 0 radical (unpaired) electrons. The van der Waals surface area contributed by atoms with Crippen molar-refractivity contribution in [2.45, 2.75) is 12.2 Å². The maximum Gasteiger partial charge on any atom is 0.221 e. The van der Waals surface area contributed by atoms with Gasteiger partial charge in [-0.2, -0.15) is 0 Å². The lowest BCUT2D eigenvalue weighted by Gasteiger charge is -2.28. The van der Waals surface area contributed by atoms with Crippen LogP contribution in [0.3, 0.4) is 0 Å². The Labute approximate surface area is 131 Å². The highest BCUT2D eigenvalue weighted by atomic mass is 32.2. The predicted molar refractivity (Wildman–Crippen MR) is 86.2 cm³/mol. The quantitative estimate of drug-likeness (QED) is 0.943. The van der Waals surface area contributed by atoms with E-state index in [2.05, 4.69) is 0 Å². The van der Waals surface area contributed by atoms with Crippen molar-refractivity contribution in [1.82, 2.24) is 0 Å². The molecule has 1 aliphatic rings. The zero-order valence-electron chi connectivity index (χ0n) is 12.2. The van der Waals surface area contributed by atoms with Crippen molar-refractivity contribution in [3.63, 3.8) is 0 Å². The van der Waals surface area contributed by atoms with Crippen LogP contribution in [0.2, 0.25) is 0 Å². The van der Waals surface area contributed by atoms with Crippen LogP contribution in [0.4, 0.5) is 0 Å². The minimum atomic E-state index is -1.26. The molecular formula is C17H17NO3S. The number of primary amides is 1. The number of hydrogen-bond acceptors (Lipinski definition) is 3. The lowest BCUT2D eigenvalue weighted by molar-refractivity contribution is -0.120. The van der Waals surface area contributed by atoms with Crippen LogP contribution in [0.1, 0.15) is 23.3 Å². The summed E-state index contributed by atoms with van der Waals surface area (Å²) in [6.07, 6.45) is 0. The maximum atomic E-state index is 12.9. The molecule has 0 spiro atoms. The van der Waals surface area contributed by atoms with Gasteiger partial charge in [0.15, 0.2) is 0 Å². The lowest BCUT2D eigenvalue weighted by Crippen LogP contribution is -2.28. The molecule has 1 aliphatic heterocycles. The van der Waals surface area contributed by atoms with Gasteiger partial charge < -0.3 is 10.5 Å². The normalized spacial score (nSPS) is 16.0. The van der Waals surface area contributed by atoms with Crippen LogP contribution in [0, 0.1) is 5.92 Å². The van der Waals surface area contributed by atoms with E-state index in [4.69, 9.17) is 10.5 Å². The maximum absolute atomic E-state index is 12.9. The number of benzene rings is 2. The molecule has 1 heterocycles. The van der Waals surface area contributed by atoms with E-state index >= 15 is 0 Å². The number of rotatable bonds is 4. The van der Waals surface area contributed by atoms with Crippen molar-refractivity contribution < 1.29 is 13.7 Å². The highest BCUT2D eigenvalue weighted by Crippen LogP contribution is 2.45. The van der Waals surface area contributed by atoms with Gasteiger partial charge in [0.1, 0.15) is 11.5 Å². The summed E-state index contributed by atoms with van der Waals surface area (Å²) in [4.78, 5) is 11.3. The van der Waals surface area contributed by atoms with Crippen molar-refractivity contribution in [2.24, 2.45) is 11.7 Å². The number of carbonyl (C=O) groups is 1. The third-order valence-electron chi connectivity index (χ3n) is 3.79. The Morgan fingerprint density at radius 3 is 2.14 bits per heavy atom. The van der Waals surface area contributed by atoms with Crippen LogP contribution in [0.15, 0.2) is 48.5 Å². The summed E-state index contributed by atoms with van der Waals surface area (Å²) >= 11 is 0. The van der Waals surface area contributed by atoms with E-state index < -0.39 is 22.6 Å². The Bertz CT molecular complexity index is 699. The summed E-state index contributed by atoms with van der Waals surface area (Å²) in [5, 5.41) is -0.303. The molecule has 5 heteroatoms. The number of ether oxygens (including phenoxy) is 1. The van der Waals surface area contributed by atoms with E-state index in [1.54, 1.807) is 6.92 Å². The van der Waals surface area contributed by atoms with E-state index in [9.17, 15) is 9.00 Å². The van der Waals surface area contributed by atoms with Crippen LogP contribution < -0.4 is 10.5 Å². The van der Waals surface area contributed by atoms with Crippen molar-refractivity contribution in [1.29, 1.82) is 0 Å². The highest BCUT2D eigenvalue weighted by Gasteiger charge is 2.32. The molecule has 2 atom stereocenters. The fraction of sp³-hybridized carbons (Fsp3) is 0.235. The van der Waals surface area contributed by atoms with E-state index in [1.807, 2.05) is 48.5 Å². The van der Waals surface area contributed by atoms with Gasteiger partial charge in [0.05, 0.1) is 5.25 Å². The van der Waals surface area contributed by atoms with Crippen molar-refractivity contribution in [2.75, 3.05) is 5.75 Å². The molecule has 4 nitrogen and oxygen atoms in total. The Kier molecular flexibility index (Phi) is 3.98. The smallest absolute Gasteiger partial charge is 0.221 e. The van der Waals surface area contributed by atoms with Gasteiger partial charge in [-0.1, -0.05) is 43.3 Å². The number of nitrogens with two attached hydrogens (primary N) is 1. The van der Waals surface area contributed by atoms with Gasteiger partial charge in [0, 0.05) is 33.6 Å². The van der Waals surface area contributed by atoms with Crippen molar-refractivity contribution >= 4 is 16.7 Å². The number of amides is 1. The average Bonchev–Trinajstić information content (AvgIpc) is 2.52. The minimum absolute atomic E-state index is 0.239. The largest absolute Gasteiger partial charge is 0.457 e. The van der Waals surface area contributed by atoms with Crippen molar-refractivity contribution in [3.8, 4) is 11.5 Å². The second-order valence-corrected chi connectivity index (χ2v) is 6.97. The van der Waals surface area contributed by atoms with E-state index in [1.165, 1.54) is 0 Å². The first-order chi connectivity index (χ1) is 10.6. The SMILES string of the molecule is CC(CS(=O)C1c2ccccc2Oc2ccccc21)C(N)=O. The first-order valence-electron chi connectivity index (χ1n) is 7.10. The number of fused-ring (bicyclic) bond motifs is 2. The third-order valence-corrected chi connectivity index (χ3v) is 5.65. The Hall–Kier alpha value is -2.14. The summed E-state index contributed by atoms with van der Waals surface area (Å²) in [7, 11) is -1.26. The van der Waals surface area contributed by atoms with E-state index in [0.29, 0.717) is 11.5 Å². The third kappa shape index (κ3) is 2.64. The summed E-state index contributed by atoms with van der Waals surface area (Å²) in [5.41, 5.74) is 7.08. The van der Waals surface area contributed by atoms with Crippen LogP contribution >= 0.6 is 0 Å². The predicted octanol–water partition coefficient (Wildman–Crippen LogP) is 2.75. The number of carbonyl (C=O) groups excluding carboxylic acids is 1. The number of para-hydroxylation sites is 2. The molecule has 0 saturated heterocycles. The standard InChI is InChI=1S/C17H17NO3S/c1-11(17(18)19)10-22(20)16-12-6-2-4-8-14(12)21-15-9-5-3-7-13(15)16/h2-9,11,16H,10H2,1H3,(H2,18,19). The summed E-state index contributed by atoms with van der Waals surface area (Å²) in [6, 6.07) is 15.2. The zero-order chi connectivity index (χ0) is 15.7. The molecule has 2 unspecified atom stereocenters. The Balaban J connectivity index is 2.03. The van der Waals surface area contributed by atoms with Gasteiger partial charge in [-0.3, -0.25) is 9.00 Å². The van der Waals surface area contributed by atoms with E-state index in [-0.39, 0.29) is 11.0 Å². The fourth-order valence-corrected chi connectivity index (χ4v) is 4.38. The summed E-state index contributed by atoms with van der Waals surface area (Å²) in [6.45, 7) is 1.71. The van der Waals surface area contributed by atoms with Gasteiger partial charge in [0.25, 0.3) is 0 Å². The molecular weight excluding hydrogens is 298 g/mol. The zero-order valence-corrected chi connectivity index (χ0v) is 13.0. The number of hydrogen-bond donors (Lipinski definition) is 1.